The fourth-order valence-electron chi connectivity index (χ4n) is 1.45. The fourth-order valence-corrected chi connectivity index (χ4v) is 1.95. The van der Waals surface area contributed by atoms with Crippen LogP contribution in [-0.4, -0.2) is 18.7 Å². The highest BCUT2D eigenvalue weighted by molar-refractivity contribution is 9.10. The molecule has 3 nitrogen and oxygen atoms in total. The smallest absolute Gasteiger partial charge is 0.299 e. The molecule has 0 fully saturated rings. The predicted molar refractivity (Wildman–Crippen MR) is 51.8 cm³/mol. The van der Waals surface area contributed by atoms with Crippen LogP contribution in [0, 0.1) is 5.82 Å². The molecule has 0 bridgehead atoms. The summed E-state index contributed by atoms with van der Waals surface area (Å²) in [5, 5.41) is 0. The first-order valence-electron chi connectivity index (χ1n) is 3.84. The van der Waals surface area contributed by atoms with Crippen LogP contribution in [0.15, 0.2) is 16.6 Å². The van der Waals surface area contributed by atoms with Gasteiger partial charge in [-0.1, -0.05) is 0 Å². The zero-order valence-electron chi connectivity index (χ0n) is 7.17. The molecule has 2 rings (SSSR count). The van der Waals surface area contributed by atoms with Crippen molar-refractivity contribution in [3.05, 3.63) is 28.0 Å². The van der Waals surface area contributed by atoms with Gasteiger partial charge in [0.1, 0.15) is 5.82 Å². The summed E-state index contributed by atoms with van der Waals surface area (Å²) in [6.07, 6.45) is 0. The van der Waals surface area contributed by atoms with Crippen molar-refractivity contribution >= 4 is 33.3 Å². The first kappa shape index (κ1) is 9.33. The lowest BCUT2D eigenvalue weighted by Crippen LogP contribution is -2.25. The summed E-state index contributed by atoms with van der Waals surface area (Å²) in [6, 6.07) is 2.63. The average Bonchev–Trinajstić information content (AvgIpc) is 2.38. The number of Topliss-reactive ketones (excluding diaryl/α,β-unsaturated/α-hetero) is 1. The maximum atomic E-state index is 13.3. The lowest BCUT2D eigenvalue weighted by atomic mass is 10.1. The van der Waals surface area contributed by atoms with Gasteiger partial charge < -0.3 is 4.90 Å². The standard InChI is InChI=1S/C9H5BrFNO2/c1-12-7-5(11)3-2-4(10)6(7)8(13)9(12)14/h2-3H,1H3. The molecule has 0 N–H and O–H groups in total. The number of hydrogen-bond donors (Lipinski definition) is 0. The third-order valence-corrected chi connectivity index (χ3v) is 2.80. The summed E-state index contributed by atoms with van der Waals surface area (Å²) in [7, 11) is 1.38. The van der Waals surface area contributed by atoms with E-state index in [2.05, 4.69) is 15.9 Å². The Kier molecular flexibility index (Phi) is 1.92. The van der Waals surface area contributed by atoms with Gasteiger partial charge in [0.25, 0.3) is 11.7 Å². The number of ketones is 1. The first-order valence-corrected chi connectivity index (χ1v) is 4.63. The van der Waals surface area contributed by atoms with Gasteiger partial charge in [-0.15, -0.1) is 0 Å². The number of halogens is 2. The largest absolute Gasteiger partial charge is 0.305 e. The number of carbonyl (C=O) groups excluding carboxylic acids is 2. The normalized spacial score (nSPS) is 14.9. The fraction of sp³-hybridized carbons (Fsp3) is 0.111. The highest BCUT2D eigenvalue weighted by Gasteiger charge is 2.37. The maximum Gasteiger partial charge on any atom is 0.299 e. The van der Waals surface area contributed by atoms with E-state index in [9.17, 15) is 14.0 Å². The lowest BCUT2D eigenvalue weighted by Gasteiger charge is -2.09. The van der Waals surface area contributed by atoms with Crippen molar-refractivity contribution in [2.75, 3.05) is 11.9 Å². The highest BCUT2D eigenvalue weighted by Crippen LogP contribution is 2.35. The van der Waals surface area contributed by atoms with Gasteiger partial charge in [0.15, 0.2) is 0 Å². The van der Waals surface area contributed by atoms with E-state index in [0.717, 1.165) is 4.90 Å². The molecule has 1 aliphatic heterocycles. The van der Waals surface area contributed by atoms with Gasteiger partial charge in [0.2, 0.25) is 0 Å². The summed E-state index contributed by atoms with van der Waals surface area (Å²) in [5.41, 5.74) is 0.159. The minimum absolute atomic E-state index is 0.0503. The molecule has 72 valence electrons. The minimum Gasteiger partial charge on any atom is -0.305 e. The van der Waals surface area contributed by atoms with E-state index in [4.69, 9.17) is 0 Å². The Labute approximate surface area is 87.6 Å². The van der Waals surface area contributed by atoms with E-state index in [0.29, 0.717) is 4.47 Å². The van der Waals surface area contributed by atoms with E-state index < -0.39 is 17.5 Å². The molecule has 0 radical (unpaired) electrons. The molecule has 5 heteroatoms. The summed E-state index contributed by atoms with van der Waals surface area (Å²) in [6.45, 7) is 0. The van der Waals surface area contributed by atoms with Crippen molar-refractivity contribution in [3.63, 3.8) is 0 Å². The van der Waals surface area contributed by atoms with Crippen LogP contribution < -0.4 is 4.90 Å². The second-order valence-electron chi connectivity index (χ2n) is 2.95. The molecule has 1 amide bonds. The number of likely N-dealkylation sites (N-methyl/N-ethyl adjacent to an activating group) is 1. The molecule has 0 atom stereocenters. The highest BCUT2D eigenvalue weighted by atomic mass is 79.9. The van der Waals surface area contributed by atoms with Gasteiger partial charge in [-0.05, 0) is 28.1 Å². The van der Waals surface area contributed by atoms with Crippen molar-refractivity contribution in [3.8, 4) is 0 Å². The van der Waals surface area contributed by atoms with Crippen LogP contribution in [0.25, 0.3) is 0 Å². The monoisotopic (exact) mass is 257 g/mol. The van der Waals surface area contributed by atoms with Crippen molar-refractivity contribution in [2.45, 2.75) is 0 Å². The molecule has 0 spiro atoms. The van der Waals surface area contributed by atoms with Crippen molar-refractivity contribution < 1.29 is 14.0 Å². The molecule has 1 aromatic carbocycles. The minimum atomic E-state index is -0.703. The lowest BCUT2D eigenvalue weighted by molar-refractivity contribution is -0.114. The molecule has 1 aliphatic rings. The SMILES string of the molecule is CN1C(=O)C(=O)c2c(Br)ccc(F)c21. The molecule has 0 aromatic heterocycles. The van der Waals surface area contributed by atoms with Crippen LogP contribution in [-0.2, 0) is 4.79 Å². The van der Waals surface area contributed by atoms with Gasteiger partial charge in [0.05, 0.1) is 11.3 Å². The van der Waals surface area contributed by atoms with E-state index in [1.807, 2.05) is 0 Å². The first-order chi connectivity index (χ1) is 6.54. The molecular formula is C9H5BrFNO2. The number of rotatable bonds is 0. The molecule has 1 aromatic rings. The number of hydrogen-bond acceptors (Lipinski definition) is 2. The Morgan fingerprint density at radius 1 is 1.36 bits per heavy atom. The van der Waals surface area contributed by atoms with Gasteiger partial charge in [-0.3, -0.25) is 9.59 Å². The molecule has 0 unspecified atom stereocenters. The summed E-state index contributed by atoms with van der Waals surface area (Å²) >= 11 is 3.11. The number of carbonyl (C=O) groups is 2. The second-order valence-corrected chi connectivity index (χ2v) is 3.80. The third-order valence-electron chi connectivity index (χ3n) is 2.14. The summed E-state index contributed by atoms with van der Waals surface area (Å²) in [5.74, 6) is -1.94. The van der Waals surface area contributed by atoms with Crippen LogP contribution in [0.4, 0.5) is 10.1 Å². The number of amides is 1. The second kappa shape index (κ2) is 2.88. The van der Waals surface area contributed by atoms with Gasteiger partial charge in [-0.25, -0.2) is 4.39 Å². The van der Waals surface area contributed by atoms with Gasteiger partial charge >= 0.3 is 0 Å². The zero-order chi connectivity index (χ0) is 10.5. The van der Waals surface area contributed by atoms with Crippen molar-refractivity contribution in [2.24, 2.45) is 0 Å². The number of fused-ring (bicyclic) bond motifs is 1. The number of benzene rings is 1. The van der Waals surface area contributed by atoms with Crippen molar-refractivity contribution in [1.82, 2.24) is 0 Å². The Hall–Kier alpha value is -1.23. The van der Waals surface area contributed by atoms with E-state index >= 15 is 0 Å². The molecule has 14 heavy (non-hydrogen) atoms. The molecule has 0 saturated heterocycles. The number of nitrogens with zero attached hydrogens (tertiary/aromatic N) is 1. The molecule has 0 saturated carbocycles. The Morgan fingerprint density at radius 2 is 2.00 bits per heavy atom. The summed E-state index contributed by atoms with van der Waals surface area (Å²) < 4.78 is 13.7. The maximum absolute atomic E-state index is 13.3. The van der Waals surface area contributed by atoms with Crippen LogP contribution in [0.2, 0.25) is 0 Å². The number of anilines is 1. The molecular weight excluding hydrogens is 253 g/mol. The van der Waals surface area contributed by atoms with Gasteiger partial charge in [0, 0.05) is 11.5 Å². The Morgan fingerprint density at radius 3 is 2.57 bits per heavy atom. The average molecular weight is 258 g/mol. The van der Waals surface area contributed by atoms with Crippen LogP contribution in [0.1, 0.15) is 10.4 Å². The van der Waals surface area contributed by atoms with Crippen LogP contribution in [0.3, 0.4) is 0 Å². The van der Waals surface area contributed by atoms with E-state index in [1.165, 1.54) is 19.2 Å². The van der Waals surface area contributed by atoms with E-state index in [1.54, 1.807) is 0 Å². The Bertz CT molecular complexity index is 458. The van der Waals surface area contributed by atoms with Crippen molar-refractivity contribution in [1.29, 1.82) is 0 Å². The third kappa shape index (κ3) is 1.02. The predicted octanol–water partition coefficient (Wildman–Crippen LogP) is 1.75. The van der Waals surface area contributed by atoms with Crippen LogP contribution in [0.5, 0.6) is 0 Å². The quantitative estimate of drug-likeness (QED) is 0.665. The Balaban J connectivity index is 2.80. The van der Waals surface area contributed by atoms with E-state index in [-0.39, 0.29) is 11.3 Å². The zero-order valence-corrected chi connectivity index (χ0v) is 8.76. The summed E-state index contributed by atoms with van der Waals surface area (Å²) in [4.78, 5) is 23.7. The topological polar surface area (TPSA) is 37.4 Å². The van der Waals surface area contributed by atoms with Crippen LogP contribution >= 0.6 is 15.9 Å². The molecule has 0 aliphatic carbocycles. The molecule has 1 heterocycles. The van der Waals surface area contributed by atoms with Gasteiger partial charge in [-0.2, -0.15) is 0 Å².